The molecule has 4 amide bonds. The first kappa shape index (κ1) is 21.5. The summed E-state index contributed by atoms with van der Waals surface area (Å²) in [5, 5.41) is 5.02. The predicted octanol–water partition coefficient (Wildman–Crippen LogP) is 1.11. The van der Waals surface area contributed by atoms with E-state index >= 15 is 0 Å². The molecule has 0 fully saturated rings. The Kier molecular flexibility index (Phi) is 8.81. The van der Waals surface area contributed by atoms with Gasteiger partial charge in [-0.3, -0.25) is 20.4 Å². The molecule has 0 unspecified atom stereocenters. The second-order valence-corrected chi connectivity index (χ2v) is 5.79. The molecule has 29 heavy (non-hydrogen) atoms. The summed E-state index contributed by atoms with van der Waals surface area (Å²) in [7, 11) is 0. The lowest BCUT2D eigenvalue weighted by Crippen LogP contribution is -2.49. The van der Waals surface area contributed by atoms with Crippen LogP contribution < -0.4 is 31.0 Å². The van der Waals surface area contributed by atoms with Crippen LogP contribution in [0.15, 0.2) is 54.6 Å². The lowest BCUT2D eigenvalue weighted by Gasteiger charge is -2.12. The van der Waals surface area contributed by atoms with Gasteiger partial charge in [-0.1, -0.05) is 42.5 Å². The standard InChI is InChI=1S/C20H24N4O5/c1-2-28-16-10-6-7-11-17(16)29-14-19(26)24-23-18(25)13-22-20(27)21-12-15-8-4-3-5-9-15/h3-11H,2,12-14H2,1H3,(H,23,25)(H,24,26)(H2,21,22,27). The van der Waals surface area contributed by atoms with Crippen molar-refractivity contribution in [2.24, 2.45) is 0 Å². The Balaban J connectivity index is 1.62. The first-order chi connectivity index (χ1) is 14.1. The number of ether oxygens (including phenoxy) is 2. The van der Waals surface area contributed by atoms with Crippen LogP contribution in [0, 0.1) is 0 Å². The second-order valence-electron chi connectivity index (χ2n) is 5.79. The van der Waals surface area contributed by atoms with E-state index in [0.29, 0.717) is 24.7 Å². The average molecular weight is 400 g/mol. The van der Waals surface area contributed by atoms with Crippen LogP contribution in [0.25, 0.3) is 0 Å². The van der Waals surface area contributed by atoms with Crippen LogP contribution >= 0.6 is 0 Å². The second kappa shape index (κ2) is 11.9. The van der Waals surface area contributed by atoms with Crippen molar-refractivity contribution in [2.75, 3.05) is 19.8 Å². The van der Waals surface area contributed by atoms with Gasteiger partial charge in [-0.2, -0.15) is 0 Å². The van der Waals surface area contributed by atoms with Crippen LogP contribution in [-0.4, -0.2) is 37.6 Å². The first-order valence-corrected chi connectivity index (χ1v) is 9.06. The van der Waals surface area contributed by atoms with Gasteiger partial charge in [0.15, 0.2) is 18.1 Å². The fraction of sp³-hybridized carbons (Fsp3) is 0.250. The van der Waals surface area contributed by atoms with Crippen LogP contribution in [0.4, 0.5) is 4.79 Å². The molecule has 0 heterocycles. The molecule has 9 heteroatoms. The van der Waals surface area contributed by atoms with Crippen molar-refractivity contribution in [3.63, 3.8) is 0 Å². The van der Waals surface area contributed by atoms with Gasteiger partial charge in [0.25, 0.3) is 11.8 Å². The van der Waals surface area contributed by atoms with Crippen molar-refractivity contribution in [3.8, 4) is 11.5 Å². The molecule has 4 N–H and O–H groups in total. The number of para-hydroxylation sites is 2. The molecule has 0 aliphatic heterocycles. The van der Waals surface area contributed by atoms with E-state index in [4.69, 9.17) is 9.47 Å². The number of carbonyl (C=O) groups excluding carboxylic acids is 3. The van der Waals surface area contributed by atoms with Gasteiger partial charge >= 0.3 is 6.03 Å². The molecule has 0 radical (unpaired) electrons. The molecule has 0 saturated heterocycles. The highest BCUT2D eigenvalue weighted by atomic mass is 16.5. The minimum absolute atomic E-state index is 0.297. The minimum Gasteiger partial charge on any atom is -0.490 e. The zero-order valence-electron chi connectivity index (χ0n) is 16.1. The Labute approximate surface area is 168 Å². The number of hydrazine groups is 1. The minimum atomic E-state index is -0.581. The molecular formula is C20H24N4O5. The molecule has 0 aliphatic rings. The highest BCUT2D eigenvalue weighted by Gasteiger charge is 2.09. The Hall–Kier alpha value is -3.75. The highest BCUT2D eigenvalue weighted by molar-refractivity contribution is 5.86. The zero-order chi connectivity index (χ0) is 20.9. The van der Waals surface area contributed by atoms with Crippen molar-refractivity contribution in [3.05, 3.63) is 60.2 Å². The van der Waals surface area contributed by atoms with E-state index in [1.54, 1.807) is 24.3 Å². The molecule has 0 aromatic heterocycles. The van der Waals surface area contributed by atoms with E-state index in [2.05, 4.69) is 21.5 Å². The van der Waals surface area contributed by atoms with Crippen molar-refractivity contribution < 1.29 is 23.9 Å². The molecular weight excluding hydrogens is 376 g/mol. The summed E-state index contributed by atoms with van der Waals surface area (Å²) in [5.74, 6) is -0.189. The third kappa shape index (κ3) is 8.21. The molecule has 154 valence electrons. The summed E-state index contributed by atoms with van der Waals surface area (Å²) >= 11 is 0. The molecule has 0 bridgehead atoms. The number of amides is 4. The van der Waals surface area contributed by atoms with Crippen LogP contribution in [0.3, 0.4) is 0 Å². The Morgan fingerprint density at radius 3 is 2.10 bits per heavy atom. The van der Waals surface area contributed by atoms with Gasteiger partial charge < -0.3 is 20.1 Å². The summed E-state index contributed by atoms with van der Waals surface area (Å²) in [6.45, 7) is 2.04. The van der Waals surface area contributed by atoms with E-state index < -0.39 is 17.8 Å². The lowest BCUT2D eigenvalue weighted by molar-refractivity contribution is -0.129. The summed E-state index contributed by atoms with van der Waals surface area (Å²) < 4.78 is 10.8. The van der Waals surface area contributed by atoms with Crippen molar-refractivity contribution in [1.29, 1.82) is 0 Å². The Morgan fingerprint density at radius 1 is 0.793 bits per heavy atom. The molecule has 2 rings (SSSR count). The van der Waals surface area contributed by atoms with Gasteiger partial charge in [0.2, 0.25) is 0 Å². The van der Waals surface area contributed by atoms with E-state index in [0.717, 1.165) is 5.56 Å². The first-order valence-electron chi connectivity index (χ1n) is 9.06. The van der Waals surface area contributed by atoms with Gasteiger partial charge in [-0.05, 0) is 24.6 Å². The molecule has 9 nitrogen and oxygen atoms in total. The fourth-order valence-electron chi connectivity index (χ4n) is 2.21. The summed E-state index contributed by atoms with van der Waals surface area (Å²) in [5.41, 5.74) is 5.34. The fourth-order valence-corrected chi connectivity index (χ4v) is 2.21. The van der Waals surface area contributed by atoms with Gasteiger partial charge in [0, 0.05) is 6.54 Å². The monoisotopic (exact) mass is 400 g/mol. The third-order valence-corrected chi connectivity index (χ3v) is 3.55. The SMILES string of the molecule is CCOc1ccccc1OCC(=O)NNC(=O)CNC(=O)NCc1ccccc1. The van der Waals surface area contributed by atoms with Gasteiger partial charge in [0.05, 0.1) is 6.61 Å². The summed E-state index contributed by atoms with van der Waals surface area (Å²) in [4.78, 5) is 35.2. The van der Waals surface area contributed by atoms with Crippen LogP contribution in [0.1, 0.15) is 12.5 Å². The maximum Gasteiger partial charge on any atom is 0.315 e. The van der Waals surface area contributed by atoms with Crippen molar-refractivity contribution >= 4 is 17.8 Å². The molecule has 0 spiro atoms. The third-order valence-electron chi connectivity index (χ3n) is 3.55. The number of benzene rings is 2. The molecule has 2 aromatic rings. The van der Waals surface area contributed by atoms with Crippen molar-refractivity contribution in [1.82, 2.24) is 21.5 Å². The largest absolute Gasteiger partial charge is 0.490 e. The number of hydrogen-bond donors (Lipinski definition) is 4. The maximum atomic E-state index is 11.8. The van der Waals surface area contributed by atoms with Gasteiger partial charge in [-0.25, -0.2) is 4.79 Å². The zero-order valence-corrected chi connectivity index (χ0v) is 16.1. The number of hydrogen-bond acceptors (Lipinski definition) is 5. The Morgan fingerprint density at radius 2 is 1.41 bits per heavy atom. The van der Waals surface area contributed by atoms with Crippen LogP contribution in [0.2, 0.25) is 0 Å². The van der Waals surface area contributed by atoms with Crippen molar-refractivity contribution in [2.45, 2.75) is 13.5 Å². The smallest absolute Gasteiger partial charge is 0.315 e. The van der Waals surface area contributed by atoms with Crippen LogP contribution in [0.5, 0.6) is 11.5 Å². The average Bonchev–Trinajstić information content (AvgIpc) is 2.75. The normalized spacial score (nSPS) is 9.83. The number of rotatable bonds is 9. The molecule has 2 aromatic carbocycles. The predicted molar refractivity (Wildman–Crippen MR) is 106 cm³/mol. The number of urea groups is 1. The van der Waals surface area contributed by atoms with E-state index in [9.17, 15) is 14.4 Å². The summed E-state index contributed by atoms with van der Waals surface area (Å²) in [6, 6.07) is 15.8. The van der Waals surface area contributed by atoms with Gasteiger partial charge in [0.1, 0.15) is 6.54 Å². The highest BCUT2D eigenvalue weighted by Crippen LogP contribution is 2.26. The van der Waals surface area contributed by atoms with E-state index in [1.165, 1.54) is 0 Å². The van der Waals surface area contributed by atoms with Crippen LogP contribution in [-0.2, 0) is 16.1 Å². The number of carbonyl (C=O) groups is 3. The van der Waals surface area contributed by atoms with E-state index in [1.807, 2.05) is 37.3 Å². The molecule has 0 atom stereocenters. The Bertz CT molecular complexity index is 814. The number of nitrogens with one attached hydrogen (secondary N) is 4. The quantitative estimate of drug-likeness (QED) is 0.471. The lowest BCUT2D eigenvalue weighted by atomic mass is 10.2. The van der Waals surface area contributed by atoms with E-state index in [-0.39, 0.29) is 13.2 Å². The molecule has 0 saturated carbocycles. The summed E-state index contributed by atoms with van der Waals surface area (Å²) in [6.07, 6.45) is 0. The molecule has 0 aliphatic carbocycles. The maximum absolute atomic E-state index is 11.8. The topological polar surface area (TPSA) is 118 Å². The van der Waals surface area contributed by atoms with Gasteiger partial charge in [-0.15, -0.1) is 0 Å².